The molecule has 2 fully saturated rings. The molecule has 1 amide bonds. The van der Waals surface area contributed by atoms with E-state index in [-0.39, 0.29) is 11.6 Å². The molecule has 8 nitrogen and oxygen atoms in total. The number of amides is 1. The predicted molar refractivity (Wildman–Crippen MR) is 132 cm³/mol. The Morgan fingerprint density at radius 3 is 2.26 bits per heavy atom. The van der Waals surface area contributed by atoms with Gasteiger partial charge in [-0.25, -0.2) is 4.39 Å². The summed E-state index contributed by atoms with van der Waals surface area (Å²) in [5.74, 6) is -1.28. The molecule has 190 valence electrons. The molecule has 2 saturated heterocycles. The number of benzene rings is 2. The van der Waals surface area contributed by atoms with E-state index in [1.165, 1.54) is 39.8 Å². The summed E-state index contributed by atoms with van der Waals surface area (Å²) in [7, 11) is 2.98. The van der Waals surface area contributed by atoms with Gasteiger partial charge in [0.25, 0.3) is 5.91 Å². The Balaban J connectivity index is 0.000000196. The van der Waals surface area contributed by atoms with Crippen LogP contribution in [-0.4, -0.2) is 76.7 Å². The van der Waals surface area contributed by atoms with Gasteiger partial charge in [-0.05, 0) is 80.9 Å². The van der Waals surface area contributed by atoms with Gasteiger partial charge in [-0.1, -0.05) is 0 Å². The van der Waals surface area contributed by atoms with Crippen molar-refractivity contribution in [2.45, 2.75) is 19.3 Å². The minimum absolute atomic E-state index is 0.184. The summed E-state index contributed by atoms with van der Waals surface area (Å²) in [5.41, 5.74) is 7.25. The lowest BCUT2D eigenvalue weighted by Crippen LogP contribution is -2.37. The number of nitrogens with two attached hydrogens (primary N) is 1. The van der Waals surface area contributed by atoms with Gasteiger partial charge >= 0.3 is 0 Å². The topological polar surface area (TPSA) is 94.3 Å². The van der Waals surface area contributed by atoms with Gasteiger partial charge < -0.3 is 29.7 Å². The smallest absolute Gasteiger partial charge is 0.289 e. The second-order valence-electron chi connectivity index (χ2n) is 8.45. The Hall–Kier alpha value is -3.17. The molecule has 2 aromatic carbocycles. The molecule has 0 aromatic heterocycles. The van der Waals surface area contributed by atoms with Crippen LogP contribution < -0.4 is 20.1 Å². The molecule has 4 rings (SSSR count). The summed E-state index contributed by atoms with van der Waals surface area (Å²) in [6.45, 7) is 6.60. The summed E-state index contributed by atoms with van der Waals surface area (Å²) >= 11 is 0. The quantitative estimate of drug-likeness (QED) is 0.429. The fourth-order valence-electron chi connectivity index (χ4n) is 4.02. The Morgan fingerprint density at radius 1 is 1.03 bits per heavy atom. The zero-order chi connectivity index (χ0) is 25.2. The number of nitrogens with zero attached hydrogens (tertiary/aromatic N) is 2. The number of halogens is 1. The molecule has 0 spiro atoms. The maximum Gasteiger partial charge on any atom is 0.289 e. The van der Waals surface area contributed by atoms with Gasteiger partial charge in [-0.15, -0.1) is 0 Å². The lowest BCUT2D eigenvalue weighted by Gasteiger charge is -2.30. The molecule has 0 saturated carbocycles. The number of carbonyl (C=O) groups excluding carboxylic acids is 2. The number of hydrogen-bond acceptors (Lipinski definition) is 7. The van der Waals surface area contributed by atoms with E-state index in [2.05, 4.69) is 9.80 Å². The first kappa shape index (κ1) is 26.4. The lowest BCUT2D eigenvalue weighted by atomic mass is 10.1. The zero-order valence-corrected chi connectivity index (χ0v) is 20.4. The average molecular weight is 488 g/mol. The van der Waals surface area contributed by atoms with E-state index in [9.17, 15) is 14.0 Å². The zero-order valence-electron chi connectivity index (χ0n) is 20.4. The molecule has 2 aromatic rings. The molecule has 0 radical (unpaired) electrons. The highest BCUT2D eigenvalue weighted by Crippen LogP contribution is 2.31. The second kappa shape index (κ2) is 13.1. The van der Waals surface area contributed by atoms with E-state index in [4.69, 9.17) is 19.9 Å². The number of carbonyl (C=O) groups is 2. The van der Waals surface area contributed by atoms with Crippen molar-refractivity contribution < 1.29 is 28.2 Å². The van der Waals surface area contributed by atoms with Crippen molar-refractivity contribution in [3.63, 3.8) is 0 Å². The highest BCUT2D eigenvalue weighted by molar-refractivity contribution is 6.42. The maximum absolute atomic E-state index is 13.7. The van der Waals surface area contributed by atoms with Crippen LogP contribution >= 0.6 is 0 Å². The summed E-state index contributed by atoms with van der Waals surface area (Å²) in [6.07, 6.45) is 3.23. The van der Waals surface area contributed by atoms with Crippen molar-refractivity contribution >= 4 is 17.4 Å². The molecule has 0 atom stereocenters. The Morgan fingerprint density at radius 2 is 1.71 bits per heavy atom. The van der Waals surface area contributed by atoms with Crippen molar-refractivity contribution in [2.24, 2.45) is 5.73 Å². The number of likely N-dealkylation sites (tertiary alicyclic amines) is 1. The molecule has 0 unspecified atom stereocenters. The number of primary amides is 1. The summed E-state index contributed by atoms with van der Waals surface area (Å²) < 4.78 is 29.1. The molecule has 2 aliphatic heterocycles. The molecule has 35 heavy (non-hydrogen) atoms. The first-order valence-electron chi connectivity index (χ1n) is 11.8. The van der Waals surface area contributed by atoms with Crippen molar-refractivity contribution in [1.82, 2.24) is 4.90 Å². The summed E-state index contributed by atoms with van der Waals surface area (Å²) in [5, 5.41) is 0. The van der Waals surface area contributed by atoms with E-state index in [0.717, 1.165) is 43.7 Å². The van der Waals surface area contributed by atoms with Crippen LogP contribution in [0.15, 0.2) is 36.4 Å². The minimum atomic E-state index is -0.927. The molecule has 2 N–H and O–H groups in total. The van der Waals surface area contributed by atoms with Crippen LogP contribution in [0.25, 0.3) is 0 Å². The second-order valence-corrected chi connectivity index (χ2v) is 8.45. The van der Waals surface area contributed by atoms with Crippen molar-refractivity contribution in [2.75, 3.05) is 65.1 Å². The van der Waals surface area contributed by atoms with E-state index < -0.39 is 11.7 Å². The number of ether oxygens (including phenoxy) is 3. The van der Waals surface area contributed by atoms with E-state index in [1.54, 1.807) is 12.1 Å². The number of rotatable bonds is 9. The largest absolute Gasteiger partial charge is 0.493 e. The molecule has 2 heterocycles. The maximum atomic E-state index is 13.7. The average Bonchev–Trinajstić information content (AvgIpc) is 2.85. The number of anilines is 1. The van der Waals surface area contributed by atoms with Crippen molar-refractivity contribution in [3.05, 3.63) is 53.3 Å². The third kappa shape index (κ3) is 7.40. The number of hydrogen-bond donors (Lipinski definition) is 1. The molecule has 0 bridgehead atoms. The predicted octanol–water partition coefficient (Wildman–Crippen LogP) is 2.67. The Bertz CT molecular complexity index is 989. The van der Waals surface area contributed by atoms with Gasteiger partial charge in [0.05, 0.1) is 27.4 Å². The first-order valence-corrected chi connectivity index (χ1v) is 11.8. The fraction of sp³-hybridized carbons (Fsp3) is 0.462. The van der Waals surface area contributed by atoms with E-state index in [1.807, 2.05) is 18.2 Å². The van der Waals surface area contributed by atoms with Gasteiger partial charge in [0.15, 0.2) is 17.3 Å². The molecular formula is C26H34FN3O5. The van der Waals surface area contributed by atoms with Gasteiger partial charge in [-0.2, -0.15) is 0 Å². The summed E-state index contributed by atoms with van der Waals surface area (Å²) in [6, 6.07) is 10.3. The van der Waals surface area contributed by atoms with Crippen LogP contribution in [0, 0.1) is 5.82 Å². The first-order chi connectivity index (χ1) is 16.9. The third-order valence-corrected chi connectivity index (χ3v) is 6.11. The standard InChI is InChI=1S/C14H20FNO2.C12H14N2O3/c1-17-13-10-11(9-12(15)14(13)18-2)5-3-6-16-7-4-8-16;13-12(16)11(15)9-1-3-10(4-2-9)14-5-7-17-8-6-14/h9-10H,3-8H2,1-2H3;1-4H,5-8H2,(H2,13,16). The van der Waals surface area contributed by atoms with Crippen LogP contribution in [0.4, 0.5) is 10.1 Å². The van der Waals surface area contributed by atoms with Crippen LogP contribution in [0.3, 0.4) is 0 Å². The number of ketones is 1. The molecule has 9 heteroatoms. The van der Waals surface area contributed by atoms with Gasteiger partial charge in [0.1, 0.15) is 0 Å². The molecule has 2 aliphatic rings. The minimum Gasteiger partial charge on any atom is -0.493 e. The highest BCUT2D eigenvalue weighted by Gasteiger charge is 2.16. The van der Waals surface area contributed by atoms with E-state index in [0.29, 0.717) is 24.5 Å². The van der Waals surface area contributed by atoms with Crippen molar-refractivity contribution in [1.29, 1.82) is 0 Å². The molecule has 0 aliphatic carbocycles. The Labute approximate surface area is 205 Å². The number of Topliss-reactive ketones (excluding diaryl/α,β-unsaturated/α-hetero) is 1. The van der Waals surface area contributed by atoms with Gasteiger partial charge in [-0.3, -0.25) is 9.59 Å². The van der Waals surface area contributed by atoms with Gasteiger partial charge in [0.2, 0.25) is 5.78 Å². The normalized spacial score (nSPS) is 15.5. The van der Waals surface area contributed by atoms with Gasteiger partial charge in [0, 0.05) is 24.3 Å². The molecular weight excluding hydrogens is 453 g/mol. The monoisotopic (exact) mass is 487 g/mol. The van der Waals surface area contributed by atoms with E-state index >= 15 is 0 Å². The van der Waals surface area contributed by atoms with Crippen LogP contribution in [-0.2, 0) is 16.0 Å². The fourth-order valence-corrected chi connectivity index (χ4v) is 4.02. The number of aryl methyl sites for hydroxylation is 1. The van der Waals surface area contributed by atoms with Crippen LogP contribution in [0.5, 0.6) is 11.5 Å². The lowest BCUT2D eigenvalue weighted by molar-refractivity contribution is -0.114. The summed E-state index contributed by atoms with van der Waals surface area (Å²) in [4.78, 5) is 26.6. The van der Waals surface area contributed by atoms with Crippen LogP contribution in [0.2, 0.25) is 0 Å². The van der Waals surface area contributed by atoms with Crippen LogP contribution in [0.1, 0.15) is 28.8 Å². The SMILES string of the molecule is COc1cc(CCCN2CCC2)cc(F)c1OC.NC(=O)C(=O)c1ccc(N2CCOCC2)cc1. The van der Waals surface area contributed by atoms with Crippen molar-refractivity contribution in [3.8, 4) is 11.5 Å². The number of morpholine rings is 1. The highest BCUT2D eigenvalue weighted by atomic mass is 19.1. The third-order valence-electron chi connectivity index (χ3n) is 6.11. The number of methoxy groups -OCH3 is 2. The Kier molecular flexibility index (Phi) is 9.86.